The zero-order chi connectivity index (χ0) is 22.8. The highest BCUT2D eigenvalue weighted by atomic mass is 16.5. The van der Waals surface area contributed by atoms with Crippen molar-refractivity contribution in [2.45, 2.75) is 52.4 Å². The van der Waals surface area contributed by atoms with Crippen LogP contribution in [0.25, 0.3) is 0 Å². The lowest BCUT2D eigenvalue weighted by Crippen LogP contribution is -2.11. The highest BCUT2D eigenvalue weighted by Crippen LogP contribution is 2.18. The maximum absolute atomic E-state index is 12.4. The van der Waals surface area contributed by atoms with E-state index in [4.69, 9.17) is 9.47 Å². The standard InChI is InChI=1S/C28H30O4/c1-3-5-7-21-9-17-25(18-10-21)31-27(29)23-13-15-24(16-14-23)28(30)32-26-19-11-22(12-20-26)8-6-4-2/h9-20H,3-8H2,1-2H3. The van der Waals surface area contributed by atoms with Crippen molar-refractivity contribution in [2.24, 2.45) is 0 Å². The third-order valence-electron chi connectivity index (χ3n) is 5.26. The summed E-state index contributed by atoms with van der Waals surface area (Å²) in [4.78, 5) is 24.8. The molecular weight excluding hydrogens is 400 g/mol. The molecule has 4 heteroatoms. The van der Waals surface area contributed by atoms with Crippen LogP contribution < -0.4 is 9.47 Å². The molecule has 0 atom stereocenters. The summed E-state index contributed by atoms with van der Waals surface area (Å²) < 4.78 is 10.9. The van der Waals surface area contributed by atoms with Crippen molar-refractivity contribution in [2.75, 3.05) is 0 Å². The van der Waals surface area contributed by atoms with Crippen LogP contribution >= 0.6 is 0 Å². The Hall–Kier alpha value is -3.40. The maximum atomic E-state index is 12.4. The highest BCUT2D eigenvalue weighted by Gasteiger charge is 2.13. The third kappa shape index (κ3) is 6.81. The fraction of sp³-hybridized carbons (Fsp3) is 0.286. The van der Waals surface area contributed by atoms with Gasteiger partial charge in [-0.15, -0.1) is 0 Å². The Labute approximate surface area is 190 Å². The number of carbonyl (C=O) groups excluding carboxylic acids is 2. The molecule has 0 radical (unpaired) electrons. The van der Waals surface area contributed by atoms with E-state index in [1.54, 1.807) is 24.3 Å². The van der Waals surface area contributed by atoms with Crippen LogP contribution in [0.15, 0.2) is 72.8 Å². The molecule has 3 rings (SSSR count). The van der Waals surface area contributed by atoms with E-state index in [0.717, 1.165) is 38.5 Å². The fourth-order valence-corrected chi connectivity index (χ4v) is 3.28. The van der Waals surface area contributed by atoms with Crippen LogP contribution in [0.1, 0.15) is 71.4 Å². The first-order valence-corrected chi connectivity index (χ1v) is 11.3. The molecule has 166 valence electrons. The van der Waals surface area contributed by atoms with Gasteiger partial charge in [-0.3, -0.25) is 0 Å². The number of benzene rings is 3. The number of ether oxygens (including phenoxy) is 2. The van der Waals surface area contributed by atoms with Crippen molar-refractivity contribution < 1.29 is 19.1 Å². The van der Waals surface area contributed by atoms with Crippen LogP contribution in [-0.2, 0) is 12.8 Å². The summed E-state index contributed by atoms with van der Waals surface area (Å²) in [7, 11) is 0. The molecule has 0 spiro atoms. The summed E-state index contributed by atoms with van der Waals surface area (Å²) in [5, 5.41) is 0. The lowest BCUT2D eigenvalue weighted by molar-refractivity contribution is 0.0720. The number of hydrogen-bond donors (Lipinski definition) is 0. The van der Waals surface area contributed by atoms with Gasteiger partial charge in [0, 0.05) is 0 Å². The maximum Gasteiger partial charge on any atom is 0.343 e. The average Bonchev–Trinajstić information content (AvgIpc) is 2.83. The van der Waals surface area contributed by atoms with Crippen LogP contribution in [0.5, 0.6) is 11.5 Å². The Morgan fingerprint density at radius 2 is 0.906 bits per heavy atom. The summed E-state index contributed by atoms with van der Waals surface area (Å²) in [6.07, 6.45) is 6.60. The van der Waals surface area contributed by atoms with Gasteiger partial charge in [-0.25, -0.2) is 9.59 Å². The molecule has 0 aliphatic heterocycles. The van der Waals surface area contributed by atoms with Gasteiger partial charge in [-0.2, -0.15) is 0 Å². The van der Waals surface area contributed by atoms with Crippen molar-refractivity contribution in [1.82, 2.24) is 0 Å². The van der Waals surface area contributed by atoms with Gasteiger partial charge in [0.25, 0.3) is 0 Å². The molecule has 0 N–H and O–H groups in total. The molecule has 0 heterocycles. The molecule has 4 nitrogen and oxygen atoms in total. The molecule has 3 aromatic carbocycles. The van der Waals surface area contributed by atoms with Crippen molar-refractivity contribution >= 4 is 11.9 Å². The first-order chi connectivity index (χ1) is 15.6. The largest absolute Gasteiger partial charge is 0.423 e. The summed E-state index contributed by atoms with van der Waals surface area (Å²) in [6.45, 7) is 4.32. The van der Waals surface area contributed by atoms with Crippen LogP contribution in [0, 0.1) is 0 Å². The molecule has 32 heavy (non-hydrogen) atoms. The van der Waals surface area contributed by atoms with E-state index in [1.165, 1.54) is 11.1 Å². The first kappa shape index (κ1) is 23.3. The van der Waals surface area contributed by atoms with Crippen LogP contribution in [0.4, 0.5) is 0 Å². The van der Waals surface area contributed by atoms with Crippen molar-refractivity contribution in [3.63, 3.8) is 0 Å². The SMILES string of the molecule is CCCCc1ccc(OC(=O)c2ccc(C(=O)Oc3ccc(CCCC)cc3)cc2)cc1. The smallest absolute Gasteiger partial charge is 0.343 e. The van der Waals surface area contributed by atoms with Crippen LogP contribution in [0.2, 0.25) is 0 Å². The van der Waals surface area contributed by atoms with Gasteiger partial charge in [0.05, 0.1) is 11.1 Å². The molecule has 0 fully saturated rings. The minimum atomic E-state index is -0.464. The minimum absolute atomic E-state index is 0.372. The normalized spacial score (nSPS) is 10.6. The zero-order valence-electron chi connectivity index (χ0n) is 18.8. The summed E-state index contributed by atoms with van der Waals surface area (Å²) in [5.41, 5.74) is 3.20. The monoisotopic (exact) mass is 430 g/mol. The predicted octanol–water partition coefficient (Wildman–Crippen LogP) is 6.81. The summed E-state index contributed by atoms with van der Waals surface area (Å²) in [6, 6.07) is 21.4. The first-order valence-electron chi connectivity index (χ1n) is 11.3. The van der Waals surface area contributed by atoms with Gasteiger partial charge in [0.1, 0.15) is 11.5 Å². The number of hydrogen-bond acceptors (Lipinski definition) is 4. The Morgan fingerprint density at radius 1 is 0.562 bits per heavy atom. The quantitative estimate of drug-likeness (QED) is 0.262. The Bertz CT molecular complexity index is 918. The molecule has 0 saturated heterocycles. The molecule has 3 aromatic rings. The van der Waals surface area contributed by atoms with Crippen molar-refractivity contribution in [1.29, 1.82) is 0 Å². The molecule has 0 unspecified atom stereocenters. The summed E-state index contributed by atoms with van der Waals surface area (Å²) in [5.74, 6) is 0.0741. The Morgan fingerprint density at radius 3 is 1.22 bits per heavy atom. The van der Waals surface area contributed by atoms with Gasteiger partial charge in [0.2, 0.25) is 0 Å². The predicted molar refractivity (Wildman–Crippen MR) is 126 cm³/mol. The number of esters is 2. The fourth-order valence-electron chi connectivity index (χ4n) is 3.28. The van der Waals surface area contributed by atoms with E-state index in [0.29, 0.717) is 22.6 Å². The third-order valence-corrected chi connectivity index (χ3v) is 5.26. The topological polar surface area (TPSA) is 52.6 Å². The Balaban J connectivity index is 1.55. The second-order valence-electron chi connectivity index (χ2n) is 7.85. The van der Waals surface area contributed by atoms with Gasteiger partial charge in [0.15, 0.2) is 0 Å². The average molecular weight is 431 g/mol. The van der Waals surface area contributed by atoms with Gasteiger partial charge in [-0.05, 0) is 85.3 Å². The minimum Gasteiger partial charge on any atom is -0.423 e. The highest BCUT2D eigenvalue weighted by molar-refractivity contribution is 5.94. The van der Waals surface area contributed by atoms with Gasteiger partial charge >= 0.3 is 11.9 Å². The van der Waals surface area contributed by atoms with Crippen LogP contribution in [0.3, 0.4) is 0 Å². The van der Waals surface area contributed by atoms with E-state index >= 15 is 0 Å². The lowest BCUT2D eigenvalue weighted by atomic mass is 10.1. The molecule has 0 aliphatic carbocycles. The lowest BCUT2D eigenvalue weighted by Gasteiger charge is -2.08. The van der Waals surface area contributed by atoms with E-state index in [1.807, 2.05) is 48.5 Å². The molecule has 0 aromatic heterocycles. The van der Waals surface area contributed by atoms with Gasteiger partial charge < -0.3 is 9.47 Å². The molecule has 0 aliphatic rings. The molecule has 0 saturated carbocycles. The van der Waals surface area contributed by atoms with Crippen molar-refractivity contribution in [3.05, 3.63) is 95.1 Å². The Kier molecular flexibility index (Phi) is 8.61. The second-order valence-corrected chi connectivity index (χ2v) is 7.85. The number of unbranched alkanes of at least 4 members (excludes halogenated alkanes) is 2. The van der Waals surface area contributed by atoms with E-state index < -0.39 is 11.9 Å². The molecule has 0 amide bonds. The van der Waals surface area contributed by atoms with Crippen molar-refractivity contribution in [3.8, 4) is 11.5 Å². The van der Waals surface area contributed by atoms with E-state index in [-0.39, 0.29) is 0 Å². The van der Waals surface area contributed by atoms with E-state index in [2.05, 4.69) is 13.8 Å². The molecular formula is C28H30O4. The van der Waals surface area contributed by atoms with Crippen LogP contribution in [-0.4, -0.2) is 11.9 Å². The molecule has 0 bridgehead atoms. The second kappa shape index (κ2) is 11.8. The van der Waals surface area contributed by atoms with Gasteiger partial charge in [-0.1, -0.05) is 51.0 Å². The number of rotatable bonds is 10. The number of aryl methyl sites for hydroxylation is 2. The zero-order valence-corrected chi connectivity index (χ0v) is 18.8. The summed E-state index contributed by atoms with van der Waals surface area (Å²) >= 11 is 0. The van der Waals surface area contributed by atoms with E-state index in [9.17, 15) is 9.59 Å². The number of carbonyl (C=O) groups is 2.